The van der Waals surface area contributed by atoms with Gasteiger partial charge in [-0.05, 0) is 48.1 Å². The van der Waals surface area contributed by atoms with Gasteiger partial charge in [0.1, 0.15) is 5.75 Å². The SMILES string of the molecule is COc1ccc2[nH]c3c(c2c1)CCN1C(=O)CCC(C(C)C)=C31. The van der Waals surface area contributed by atoms with Crippen LogP contribution in [0.2, 0.25) is 0 Å². The number of carbonyl (C=O) groups is 1. The zero-order chi connectivity index (χ0) is 16.1. The van der Waals surface area contributed by atoms with Crippen molar-refractivity contribution in [3.8, 4) is 5.75 Å². The van der Waals surface area contributed by atoms with Crippen molar-refractivity contribution in [1.29, 1.82) is 0 Å². The monoisotopic (exact) mass is 310 g/mol. The molecule has 0 fully saturated rings. The Morgan fingerprint density at radius 1 is 1.22 bits per heavy atom. The maximum absolute atomic E-state index is 12.4. The van der Waals surface area contributed by atoms with E-state index in [9.17, 15) is 4.79 Å². The van der Waals surface area contributed by atoms with Gasteiger partial charge in [0.25, 0.3) is 0 Å². The first-order chi connectivity index (χ1) is 11.1. The molecule has 2 aliphatic heterocycles. The molecule has 0 aliphatic carbocycles. The van der Waals surface area contributed by atoms with Crippen molar-refractivity contribution in [1.82, 2.24) is 9.88 Å². The van der Waals surface area contributed by atoms with Crippen LogP contribution in [-0.4, -0.2) is 29.4 Å². The number of amides is 1. The third-order valence-electron chi connectivity index (χ3n) is 5.12. The van der Waals surface area contributed by atoms with E-state index in [0.29, 0.717) is 12.3 Å². The Kier molecular flexibility index (Phi) is 3.22. The molecule has 23 heavy (non-hydrogen) atoms. The van der Waals surface area contributed by atoms with Crippen molar-refractivity contribution < 1.29 is 9.53 Å². The second-order valence-electron chi connectivity index (χ2n) is 6.71. The molecule has 1 N–H and O–H groups in total. The van der Waals surface area contributed by atoms with Crippen molar-refractivity contribution in [2.45, 2.75) is 33.1 Å². The van der Waals surface area contributed by atoms with Crippen LogP contribution in [-0.2, 0) is 11.2 Å². The van der Waals surface area contributed by atoms with Crippen LogP contribution in [0, 0.1) is 5.92 Å². The predicted molar refractivity (Wildman–Crippen MR) is 91.3 cm³/mol. The third kappa shape index (κ3) is 2.08. The summed E-state index contributed by atoms with van der Waals surface area (Å²) in [7, 11) is 1.70. The van der Waals surface area contributed by atoms with Crippen LogP contribution in [0.15, 0.2) is 23.8 Å². The minimum atomic E-state index is 0.256. The first kappa shape index (κ1) is 14.4. The topological polar surface area (TPSA) is 45.3 Å². The Balaban J connectivity index is 1.98. The molecule has 2 aliphatic rings. The lowest BCUT2D eigenvalue weighted by molar-refractivity contribution is -0.128. The Morgan fingerprint density at radius 2 is 2.04 bits per heavy atom. The first-order valence-corrected chi connectivity index (χ1v) is 8.32. The second kappa shape index (κ2) is 5.15. The number of nitrogens with zero attached hydrogens (tertiary/aromatic N) is 1. The minimum Gasteiger partial charge on any atom is -0.497 e. The van der Waals surface area contributed by atoms with Gasteiger partial charge >= 0.3 is 0 Å². The first-order valence-electron chi connectivity index (χ1n) is 8.32. The summed E-state index contributed by atoms with van der Waals surface area (Å²) in [6, 6.07) is 6.14. The third-order valence-corrected chi connectivity index (χ3v) is 5.12. The lowest BCUT2D eigenvalue weighted by Crippen LogP contribution is -2.38. The molecule has 1 aromatic carbocycles. The highest BCUT2D eigenvalue weighted by molar-refractivity contribution is 5.97. The molecule has 0 saturated carbocycles. The average Bonchev–Trinajstić information content (AvgIpc) is 2.92. The summed E-state index contributed by atoms with van der Waals surface area (Å²) in [5.41, 5.74) is 6.09. The highest BCUT2D eigenvalue weighted by Crippen LogP contribution is 2.41. The number of aromatic amines is 1. The zero-order valence-electron chi connectivity index (χ0n) is 13.9. The molecule has 0 saturated heterocycles. The number of hydrogen-bond donors (Lipinski definition) is 1. The fraction of sp³-hybridized carbons (Fsp3) is 0.421. The molecular weight excluding hydrogens is 288 g/mol. The number of ether oxygens (including phenoxy) is 1. The standard InChI is InChI=1S/C19H22N2O2/c1-11(2)13-5-7-17(22)21-9-8-14-15-10-12(23-3)4-6-16(15)20-18(14)19(13)21/h4,6,10-11,20H,5,7-9H2,1-3H3. The molecule has 1 aromatic heterocycles. The maximum Gasteiger partial charge on any atom is 0.227 e. The minimum absolute atomic E-state index is 0.256. The maximum atomic E-state index is 12.4. The summed E-state index contributed by atoms with van der Waals surface area (Å²) in [6.45, 7) is 5.22. The van der Waals surface area contributed by atoms with Crippen molar-refractivity contribution >= 4 is 22.5 Å². The van der Waals surface area contributed by atoms with E-state index < -0.39 is 0 Å². The Morgan fingerprint density at radius 3 is 2.78 bits per heavy atom. The van der Waals surface area contributed by atoms with Crippen molar-refractivity contribution in [2.75, 3.05) is 13.7 Å². The molecule has 0 spiro atoms. The fourth-order valence-electron chi connectivity index (χ4n) is 3.93. The number of hydrogen-bond acceptors (Lipinski definition) is 2. The van der Waals surface area contributed by atoms with Crippen molar-refractivity contribution in [3.05, 3.63) is 35.0 Å². The van der Waals surface area contributed by atoms with Gasteiger partial charge in [0.05, 0.1) is 18.5 Å². The fourth-order valence-corrected chi connectivity index (χ4v) is 3.93. The lowest BCUT2D eigenvalue weighted by Gasteiger charge is -2.36. The number of allylic oxidation sites excluding steroid dienone is 1. The van der Waals surface area contributed by atoms with Gasteiger partial charge in [-0.1, -0.05) is 13.8 Å². The highest BCUT2D eigenvalue weighted by atomic mass is 16.5. The van der Waals surface area contributed by atoms with Gasteiger partial charge in [-0.15, -0.1) is 0 Å². The van der Waals surface area contributed by atoms with E-state index in [1.54, 1.807) is 7.11 Å². The van der Waals surface area contributed by atoms with E-state index in [4.69, 9.17) is 4.74 Å². The Hall–Kier alpha value is -2.23. The molecule has 2 aromatic rings. The van der Waals surface area contributed by atoms with Gasteiger partial charge in [-0.2, -0.15) is 0 Å². The molecule has 0 radical (unpaired) electrons. The van der Waals surface area contributed by atoms with E-state index in [-0.39, 0.29) is 5.91 Å². The quantitative estimate of drug-likeness (QED) is 0.919. The van der Waals surface area contributed by atoms with Gasteiger partial charge in [0.2, 0.25) is 5.91 Å². The number of carbonyl (C=O) groups excluding carboxylic acids is 1. The molecule has 4 nitrogen and oxygen atoms in total. The van der Waals surface area contributed by atoms with E-state index in [2.05, 4.69) is 31.0 Å². The summed E-state index contributed by atoms with van der Waals surface area (Å²) >= 11 is 0. The van der Waals surface area contributed by atoms with Gasteiger partial charge in [-0.3, -0.25) is 4.79 Å². The molecule has 4 heteroatoms. The van der Waals surface area contributed by atoms with Gasteiger partial charge in [0.15, 0.2) is 0 Å². The summed E-state index contributed by atoms with van der Waals surface area (Å²) < 4.78 is 5.38. The van der Waals surface area contributed by atoms with Gasteiger partial charge in [-0.25, -0.2) is 0 Å². The van der Waals surface area contributed by atoms with E-state index in [0.717, 1.165) is 42.0 Å². The van der Waals surface area contributed by atoms with Crippen LogP contribution >= 0.6 is 0 Å². The molecule has 0 bridgehead atoms. The normalized spacial score (nSPS) is 17.7. The van der Waals surface area contributed by atoms with Crippen LogP contribution in [0.25, 0.3) is 16.6 Å². The van der Waals surface area contributed by atoms with Gasteiger partial charge in [0, 0.05) is 23.9 Å². The van der Waals surface area contributed by atoms with Crippen LogP contribution in [0.5, 0.6) is 5.75 Å². The number of benzene rings is 1. The van der Waals surface area contributed by atoms with Crippen LogP contribution in [0.3, 0.4) is 0 Å². The van der Waals surface area contributed by atoms with Crippen LogP contribution in [0.4, 0.5) is 0 Å². The zero-order valence-corrected chi connectivity index (χ0v) is 13.9. The second-order valence-corrected chi connectivity index (χ2v) is 6.71. The average molecular weight is 310 g/mol. The van der Waals surface area contributed by atoms with Crippen molar-refractivity contribution in [3.63, 3.8) is 0 Å². The Labute approximate surface area is 136 Å². The summed E-state index contributed by atoms with van der Waals surface area (Å²) in [6.07, 6.45) is 2.41. The number of fused-ring (bicyclic) bond motifs is 5. The summed E-state index contributed by atoms with van der Waals surface area (Å²) in [5, 5.41) is 1.22. The molecule has 0 atom stereocenters. The number of methoxy groups -OCH3 is 1. The molecule has 120 valence electrons. The largest absolute Gasteiger partial charge is 0.497 e. The number of nitrogens with one attached hydrogen (secondary N) is 1. The van der Waals surface area contributed by atoms with Crippen LogP contribution in [0.1, 0.15) is 37.9 Å². The number of H-pyrrole nitrogens is 1. The number of aromatic nitrogens is 1. The highest BCUT2D eigenvalue weighted by Gasteiger charge is 2.34. The summed E-state index contributed by atoms with van der Waals surface area (Å²) in [4.78, 5) is 17.9. The summed E-state index contributed by atoms with van der Waals surface area (Å²) in [5.74, 6) is 1.58. The molecule has 1 amide bonds. The molecule has 3 heterocycles. The van der Waals surface area contributed by atoms with Crippen molar-refractivity contribution in [2.24, 2.45) is 5.92 Å². The van der Waals surface area contributed by atoms with E-state index in [1.807, 2.05) is 11.0 Å². The molecule has 4 rings (SSSR count). The van der Waals surface area contributed by atoms with Gasteiger partial charge < -0.3 is 14.6 Å². The van der Waals surface area contributed by atoms with Crippen LogP contribution < -0.4 is 4.74 Å². The molecule has 0 unspecified atom stereocenters. The molecular formula is C19H22N2O2. The smallest absolute Gasteiger partial charge is 0.227 e. The van der Waals surface area contributed by atoms with E-state index >= 15 is 0 Å². The number of rotatable bonds is 2. The lowest BCUT2D eigenvalue weighted by atomic mass is 9.87. The Bertz CT molecular complexity index is 829. The predicted octanol–water partition coefficient (Wildman–Crippen LogP) is 3.72. The van der Waals surface area contributed by atoms with E-state index in [1.165, 1.54) is 16.5 Å².